The first-order valence-electron chi connectivity index (χ1n) is 9.63. The van der Waals surface area contributed by atoms with Gasteiger partial charge in [0, 0.05) is 26.2 Å². The van der Waals surface area contributed by atoms with Crippen LogP contribution in [0.15, 0.2) is 24.3 Å². The van der Waals surface area contributed by atoms with Crippen molar-refractivity contribution in [2.45, 2.75) is 46.7 Å². The van der Waals surface area contributed by atoms with Crippen LogP contribution in [0.3, 0.4) is 0 Å². The molecule has 5 heteroatoms. The van der Waals surface area contributed by atoms with Crippen molar-refractivity contribution in [3.63, 3.8) is 0 Å². The van der Waals surface area contributed by atoms with E-state index in [4.69, 9.17) is 4.98 Å². The van der Waals surface area contributed by atoms with Gasteiger partial charge in [0.2, 0.25) is 5.91 Å². The molecule has 0 aliphatic carbocycles. The zero-order valence-electron chi connectivity index (χ0n) is 15.7. The molecule has 1 saturated heterocycles. The van der Waals surface area contributed by atoms with E-state index in [-0.39, 0.29) is 5.92 Å². The second kappa shape index (κ2) is 8.00. The number of para-hydroxylation sites is 2. The topological polar surface area (TPSA) is 41.4 Å². The summed E-state index contributed by atoms with van der Waals surface area (Å²) in [5.74, 6) is 1.56. The summed E-state index contributed by atoms with van der Waals surface area (Å²) in [5.41, 5.74) is 2.26. The fraction of sp³-hybridized carbons (Fsp3) is 0.600. The van der Waals surface area contributed by atoms with Gasteiger partial charge in [0.05, 0.1) is 23.5 Å². The van der Waals surface area contributed by atoms with Crippen LogP contribution >= 0.6 is 0 Å². The number of aromatic nitrogens is 2. The molecule has 0 unspecified atom stereocenters. The second-order valence-electron chi connectivity index (χ2n) is 6.85. The van der Waals surface area contributed by atoms with Gasteiger partial charge in [0.25, 0.3) is 0 Å². The lowest BCUT2D eigenvalue weighted by atomic mass is 9.96. The van der Waals surface area contributed by atoms with Crippen LogP contribution < -0.4 is 0 Å². The Morgan fingerprint density at radius 1 is 1.24 bits per heavy atom. The predicted molar refractivity (Wildman–Crippen MR) is 101 cm³/mol. The quantitative estimate of drug-likeness (QED) is 0.810. The van der Waals surface area contributed by atoms with Crippen LogP contribution in [0.25, 0.3) is 11.0 Å². The third-order valence-electron chi connectivity index (χ3n) is 5.34. The van der Waals surface area contributed by atoms with Crippen LogP contribution in [-0.2, 0) is 17.9 Å². The number of benzene rings is 1. The van der Waals surface area contributed by atoms with E-state index in [1.807, 2.05) is 11.0 Å². The maximum absolute atomic E-state index is 12.7. The van der Waals surface area contributed by atoms with E-state index in [1.165, 1.54) is 5.52 Å². The van der Waals surface area contributed by atoms with Crippen molar-refractivity contribution in [3.8, 4) is 0 Å². The molecule has 0 saturated carbocycles. The van der Waals surface area contributed by atoms with E-state index in [2.05, 4.69) is 48.4 Å². The SMILES string of the molecule is CCN(CC)C(=O)[C@H]1CCCN(Cc2nc3ccccc3n2CC)C1. The molecule has 1 aromatic carbocycles. The van der Waals surface area contributed by atoms with E-state index in [1.54, 1.807) is 0 Å². The lowest BCUT2D eigenvalue weighted by molar-refractivity contribution is -0.137. The number of nitrogens with zero attached hydrogens (tertiary/aromatic N) is 4. The van der Waals surface area contributed by atoms with Crippen LogP contribution in [0.4, 0.5) is 0 Å². The lowest BCUT2D eigenvalue weighted by Crippen LogP contribution is -2.44. The number of aryl methyl sites for hydroxylation is 1. The van der Waals surface area contributed by atoms with Crippen molar-refractivity contribution in [1.82, 2.24) is 19.4 Å². The number of imidazole rings is 1. The molecule has 2 heterocycles. The number of carbonyl (C=O) groups is 1. The lowest BCUT2D eigenvalue weighted by Gasteiger charge is -2.34. The molecule has 1 aliphatic heterocycles. The highest BCUT2D eigenvalue weighted by molar-refractivity contribution is 5.79. The van der Waals surface area contributed by atoms with Crippen molar-refractivity contribution < 1.29 is 4.79 Å². The van der Waals surface area contributed by atoms with Crippen LogP contribution in [0, 0.1) is 5.92 Å². The molecule has 136 valence electrons. The molecule has 1 fully saturated rings. The Balaban J connectivity index is 1.74. The molecule has 0 radical (unpaired) electrons. The molecular formula is C20H30N4O. The molecule has 0 bridgehead atoms. The van der Waals surface area contributed by atoms with Crippen LogP contribution in [0.2, 0.25) is 0 Å². The molecule has 0 spiro atoms. The number of piperidine rings is 1. The molecule has 1 aromatic heterocycles. The Morgan fingerprint density at radius 2 is 2.00 bits per heavy atom. The van der Waals surface area contributed by atoms with Crippen molar-refractivity contribution in [2.24, 2.45) is 5.92 Å². The van der Waals surface area contributed by atoms with Gasteiger partial charge in [0.1, 0.15) is 5.82 Å². The summed E-state index contributed by atoms with van der Waals surface area (Å²) in [7, 11) is 0. The highest BCUT2D eigenvalue weighted by Crippen LogP contribution is 2.22. The molecular weight excluding hydrogens is 312 g/mol. The number of carbonyl (C=O) groups excluding carboxylic acids is 1. The molecule has 1 amide bonds. The van der Waals surface area contributed by atoms with E-state index in [0.29, 0.717) is 5.91 Å². The fourth-order valence-electron chi connectivity index (χ4n) is 3.99. The zero-order chi connectivity index (χ0) is 17.8. The number of hydrogen-bond donors (Lipinski definition) is 0. The Hall–Kier alpha value is -1.88. The van der Waals surface area contributed by atoms with Crippen LogP contribution in [0.5, 0.6) is 0 Å². The Morgan fingerprint density at radius 3 is 2.72 bits per heavy atom. The number of hydrogen-bond acceptors (Lipinski definition) is 3. The minimum atomic E-state index is 0.133. The Bertz CT molecular complexity index is 720. The maximum Gasteiger partial charge on any atom is 0.226 e. The second-order valence-corrected chi connectivity index (χ2v) is 6.85. The summed E-state index contributed by atoms with van der Waals surface area (Å²) in [6, 6.07) is 8.32. The zero-order valence-corrected chi connectivity index (χ0v) is 15.7. The summed E-state index contributed by atoms with van der Waals surface area (Å²) < 4.78 is 2.30. The van der Waals surface area contributed by atoms with Gasteiger partial charge in [-0.25, -0.2) is 4.98 Å². The van der Waals surface area contributed by atoms with E-state index in [9.17, 15) is 4.79 Å². The van der Waals surface area contributed by atoms with Gasteiger partial charge in [-0.05, 0) is 52.3 Å². The van der Waals surface area contributed by atoms with Gasteiger partial charge in [-0.2, -0.15) is 0 Å². The molecule has 1 aliphatic rings. The third-order valence-corrected chi connectivity index (χ3v) is 5.34. The molecule has 3 rings (SSSR count). The standard InChI is InChI=1S/C20H30N4O/c1-4-23(5-2)20(25)16-10-9-13-22(14-16)15-19-21-17-11-7-8-12-18(17)24(19)6-3/h7-8,11-12,16H,4-6,9-10,13-15H2,1-3H3/t16-/m0/s1. The van der Waals surface area contributed by atoms with Gasteiger partial charge < -0.3 is 9.47 Å². The van der Waals surface area contributed by atoms with Gasteiger partial charge in [-0.3, -0.25) is 9.69 Å². The Kier molecular flexibility index (Phi) is 5.74. The minimum absolute atomic E-state index is 0.133. The molecule has 2 aromatic rings. The van der Waals surface area contributed by atoms with Crippen molar-refractivity contribution in [1.29, 1.82) is 0 Å². The average Bonchev–Trinajstić information content (AvgIpc) is 2.99. The summed E-state index contributed by atoms with van der Waals surface area (Å²) >= 11 is 0. The average molecular weight is 342 g/mol. The first-order valence-corrected chi connectivity index (χ1v) is 9.63. The molecule has 5 nitrogen and oxygen atoms in total. The minimum Gasteiger partial charge on any atom is -0.343 e. The Labute approximate surface area is 150 Å². The van der Waals surface area contributed by atoms with Crippen molar-refractivity contribution in [3.05, 3.63) is 30.1 Å². The fourth-order valence-corrected chi connectivity index (χ4v) is 3.99. The third kappa shape index (κ3) is 3.71. The number of amides is 1. The first-order chi connectivity index (χ1) is 12.2. The first kappa shape index (κ1) is 17.9. The van der Waals surface area contributed by atoms with Gasteiger partial charge in [-0.1, -0.05) is 12.1 Å². The van der Waals surface area contributed by atoms with Crippen molar-refractivity contribution >= 4 is 16.9 Å². The summed E-state index contributed by atoms with van der Waals surface area (Å²) in [6.45, 7) is 11.5. The monoisotopic (exact) mass is 342 g/mol. The molecule has 1 atom stereocenters. The van der Waals surface area contributed by atoms with Gasteiger partial charge >= 0.3 is 0 Å². The van der Waals surface area contributed by atoms with E-state index in [0.717, 1.165) is 63.5 Å². The summed E-state index contributed by atoms with van der Waals surface area (Å²) in [4.78, 5) is 21.9. The maximum atomic E-state index is 12.7. The van der Waals surface area contributed by atoms with E-state index >= 15 is 0 Å². The van der Waals surface area contributed by atoms with Crippen LogP contribution in [-0.4, -0.2) is 51.4 Å². The molecule has 0 N–H and O–H groups in total. The highest BCUT2D eigenvalue weighted by Gasteiger charge is 2.29. The number of fused-ring (bicyclic) bond motifs is 1. The largest absolute Gasteiger partial charge is 0.343 e. The smallest absolute Gasteiger partial charge is 0.226 e. The van der Waals surface area contributed by atoms with Crippen LogP contribution in [0.1, 0.15) is 39.4 Å². The highest BCUT2D eigenvalue weighted by atomic mass is 16.2. The number of likely N-dealkylation sites (tertiary alicyclic amines) is 1. The molecule has 25 heavy (non-hydrogen) atoms. The van der Waals surface area contributed by atoms with Gasteiger partial charge in [0.15, 0.2) is 0 Å². The normalized spacial score (nSPS) is 18.6. The summed E-state index contributed by atoms with van der Waals surface area (Å²) in [6.07, 6.45) is 2.10. The predicted octanol–water partition coefficient (Wildman–Crippen LogP) is 3.14. The van der Waals surface area contributed by atoms with Gasteiger partial charge in [-0.15, -0.1) is 0 Å². The van der Waals surface area contributed by atoms with Crippen molar-refractivity contribution in [2.75, 3.05) is 26.2 Å². The number of rotatable bonds is 6. The summed E-state index contributed by atoms with van der Waals surface area (Å²) in [5, 5.41) is 0. The van der Waals surface area contributed by atoms with E-state index < -0.39 is 0 Å².